The van der Waals surface area contributed by atoms with Gasteiger partial charge in [0.25, 0.3) is 0 Å². The van der Waals surface area contributed by atoms with E-state index < -0.39 is 29.7 Å². The largest absolute Gasteiger partial charge is 0.423 e. The van der Waals surface area contributed by atoms with Crippen molar-refractivity contribution in [2.75, 3.05) is 11.9 Å². The number of hydrogen-bond acceptors (Lipinski definition) is 2. The Morgan fingerprint density at radius 1 is 1.33 bits per heavy atom. The highest BCUT2D eigenvalue weighted by molar-refractivity contribution is 5.59. The van der Waals surface area contributed by atoms with E-state index in [2.05, 4.69) is 5.32 Å². The number of halogens is 4. The minimum absolute atomic E-state index is 0.108. The van der Waals surface area contributed by atoms with Crippen LogP contribution in [-0.4, -0.2) is 17.8 Å². The molecule has 1 aromatic rings. The van der Waals surface area contributed by atoms with E-state index in [0.717, 1.165) is 6.07 Å². The van der Waals surface area contributed by atoms with E-state index in [4.69, 9.17) is 0 Å². The quantitative estimate of drug-likeness (QED) is 0.657. The standard InChI is InChI=1S/C9H7F4NO/c10-5-1-2-7-6(3-5)8(15,4-14-7)9(11,12)13/h1-3,14-15H,4H2. The lowest BCUT2D eigenvalue weighted by Gasteiger charge is -2.25. The van der Waals surface area contributed by atoms with E-state index in [1.165, 1.54) is 6.07 Å². The van der Waals surface area contributed by atoms with Gasteiger partial charge in [0.1, 0.15) is 5.82 Å². The zero-order valence-electron chi connectivity index (χ0n) is 7.40. The first-order chi connectivity index (χ1) is 6.84. The monoisotopic (exact) mass is 221 g/mol. The first kappa shape index (κ1) is 10.2. The summed E-state index contributed by atoms with van der Waals surface area (Å²) in [5.74, 6) is -0.805. The Kier molecular flexibility index (Phi) is 1.94. The van der Waals surface area contributed by atoms with E-state index in [1.807, 2.05) is 0 Å². The summed E-state index contributed by atoms with van der Waals surface area (Å²) in [4.78, 5) is 0. The number of alkyl halides is 3. The first-order valence-corrected chi connectivity index (χ1v) is 4.17. The lowest BCUT2D eigenvalue weighted by atomic mass is 9.95. The second-order valence-corrected chi connectivity index (χ2v) is 3.40. The number of nitrogens with one attached hydrogen (secondary N) is 1. The van der Waals surface area contributed by atoms with E-state index >= 15 is 0 Å². The van der Waals surface area contributed by atoms with Crippen molar-refractivity contribution < 1.29 is 22.7 Å². The topological polar surface area (TPSA) is 32.3 Å². The fraction of sp³-hybridized carbons (Fsp3) is 0.333. The smallest absolute Gasteiger partial charge is 0.381 e. The predicted molar refractivity (Wildman–Crippen MR) is 44.8 cm³/mol. The fourth-order valence-corrected chi connectivity index (χ4v) is 1.58. The third kappa shape index (κ3) is 1.36. The van der Waals surface area contributed by atoms with Gasteiger partial charge in [-0.15, -0.1) is 0 Å². The molecule has 0 saturated carbocycles. The van der Waals surface area contributed by atoms with Gasteiger partial charge < -0.3 is 10.4 Å². The van der Waals surface area contributed by atoms with Crippen LogP contribution in [0.15, 0.2) is 18.2 Å². The van der Waals surface area contributed by atoms with E-state index in [0.29, 0.717) is 6.07 Å². The van der Waals surface area contributed by atoms with Gasteiger partial charge in [-0.3, -0.25) is 0 Å². The molecule has 1 heterocycles. The molecule has 15 heavy (non-hydrogen) atoms. The maximum absolute atomic E-state index is 12.8. The molecule has 1 aliphatic rings. The molecular weight excluding hydrogens is 214 g/mol. The summed E-state index contributed by atoms with van der Waals surface area (Å²) in [6.45, 7) is -0.685. The Hall–Kier alpha value is -1.30. The number of hydrogen-bond donors (Lipinski definition) is 2. The Morgan fingerprint density at radius 2 is 2.00 bits per heavy atom. The number of β-amino-alcohol motifs (C(OH)–C–C–N with tert-alkyl or cyclic N) is 1. The first-order valence-electron chi connectivity index (χ1n) is 4.17. The number of benzene rings is 1. The second-order valence-electron chi connectivity index (χ2n) is 3.40. The van der Waals surface area contributed by atoms with Gasteiger partial charge in [-0.25, -0.2) is 4.39 Å². The number of aliphatic hydroxyl groups is 1. The van der Waals surface area contributed by atoms with Crippen molar-refractivity contribution in [3.8, 4) is 0 Å². The molecule has 6 heteroatoms. The minimum atomic E-state index is -4.82. The van der Waals surface area contributed by atoms with Crippen LogP contribution in [0.1, 0.15) is 5.56 Å². The van der Waals surface area contributed by atoms with Crippen molar-refractivity contribution in [3.05, 3.63) is 29.6 Å². The zero-order valence-corrected chi connectivity index (χ0v) is 7.40. The summed E-state index contributed by atoms with van der Waals surface area (Å²) in [6, 6.07) is 2.91. The summed E-state index contributed by atoms with van der Waals surface area (Å²) in [5.41, 5.74) is -3.35. The average molecular weight is 221 g/mol. The summed E-state index contributed by atoms with van der Waals surface area (Å²) in [6.07, 6.45) is -4.82. The summed E-state index contributed by atoms with van der Waals surface area (Å²) < 4.78 is 50.4. The van der Waals surface area contributed by atoms with Gasteiger partial charge in [0.05, 0.1) is 6.54 Å². The molecule has 0 aliphatic carbocycles. The van der Waals surface area contributed by atoms with E-state index in [-0.39, 0.29) is 5.69 Å². The van der Waals surface area contributed by atoms with Gasteiger partial charge in [0.15, 0.2) is 0 Å². The Morgan fingerprint density at radius 3 is 2.60 bits per heavy atom. The van der Waals surface area contributed by atoms with Crippen LogP contribution < -0.4 is 5.32 Å². The Balaban J connectivity index is 2.56. The lowest BCUT2D eigenvalue weighted by Crippen LogP contribution is -2.43. The summed E-state index contributed by atoms with van der Waals surface area (Å²) in [7, 11) is 0. The molecular formula is C9H7F4NO. The third-order valence-corrected chi connectivity index (χ3v) is 2.43. The molecule has 0 radical (unpaired) electrons. The SMILES string of the molecule is OC1(C(F)(F)F)CNc2ccc(F)cc21. The highest BCUT2D eigenvalue weighted by atomic mass is 19.4. The molecule has 2 rings (SSSR count). The molecule has 2 N–H and O–H groups in total. The highest BCUT2D eigenvalue weighted by Gasteiger charge is 2.58. The molecule has 0 saturated heterocycles. The number of fused-ring (bicyclic) bond motifs is 1. The van der Waals surface area contributed by atoms with Gasteiger partial charge in [0, 0.05) is 11.3 Å². The number of rotatable bonds is 0. The normalized spacial score (nSPS) is 24.9. The number of anilines is 1. The van der Waals surface area contributed by atoms with Crippen molar-refractivity contribution >= 4 is 5.69 Å². The summed E-state index contributed by atoms with van der Waals surface area (Å²) >= 11 is 0. The molecule has 0 spiro atoms. The predicted octanol–water partition coefficient (Wildman–Crippen LogP) is 2.00. The van der Waals surface area contributed by atoms with Crippen molar-refractivity contribution in [1.82, 2.24) is 0 Å². The fourth-order valence-electron chi connectivity index (χ4n) is 1.58. The zero-order chi connectivity index (χ0) is 11.3. The molecule has 1 atom stereocenters. The molecule has 0 bridgehead atoms. The Bertz CT molecular complexity index is 404. The molecule has 1 aliphatic heterocycles. The van der Waals surface area contributed by atoms with E-state index in [9.17, 15) is 22.7 Å². The molecule has 0 aromatic heterocycles. The van der Waals surface area contributed by atoms with Crippen LogP contribution >= 0.6 is 0 Å². The van der Waals surface area contributed by atoms with Gasteiger partial charge in [-0.1, -0.05) is 0 Å². The minimum Gasteiger partial charge on any atom is -0.381 e. The van der Waals surface area contributed by atoms with Crippen LogP contribution in [0.2, 0.25) is 0 Å². The molecule has 0 fully saturated rings. The van der Waals surface area contributed by atoms with Gasteiger partial charge in [-0.05, 0) is 18.2 Å². The van der Waals surface area contributed by atoms with Crippen molar-refractivity contribution in [1.29, 1.82) is 0 Å². The maximum Gasteiger partial charge on any atom is 0.423 e. The Labute approximate surface area is 82.5 Å². The van der Waals surface area contributed by atoms with Crippen molar-refractivity contribution in [2.45, 2.75) is 11.8 Å². The van der Waals surface area contributed by atoms with Crippen LogP contribution in [0, 0.1) is 5.82 Å². The second kappa shape index (κ2) is 2.85. The maximum atomic E-state index is 12.8. The molecule has 82 valence electrons. The van der Waals surface area contributed by atoms with Crippen LogP contribution in [0.3, 0.4) is 0 Å². The highest BCUT2D eigenvalue weighted by Crippen LogP contribution is 2.45. The van der Waals surface area contributed by atoms with Gasteiger partial charge >= 0.3 is 6.18 Å². The molecule has 0 amide bonds. The lowest BCUT2D eigenvalue weighted by molar-refractivity contribution is -0.258. The van der Waals surface area contributed by atoms with Crippen LogP contribution in [-0.2, 0) is 5.60 Å². The van der Waals surface area contributed by atoms with Crippen LogP contribution in [0.25, 0.3) is 0 Å². The van der Waals surface area contributed by atoms with Crippen molar-refractivity contribution in [3.63, 3.8) is 0 Å². The molecule has 1 aromatic carbocycles. The van der Waals surface area contributed by atoms with Crippen LogP contribution in [0.4, 0.5) is 23.2 Å². The van der Waals surface area contributed by atoms with Gasteiger partial charge in [-0.2, -0.15) is 13.2 Å². The third-order valence-electron chi connectivity index (χ3n) is 2.43. The molecule has 2 nitrogen and oxygen atoms in total. The summed E-state index contributed by atoms with van der Waals surface area (Å²) in [5, 5.41) is 11.8. The average Bonchev–Trinajstić information content (AvgIpc) is 2.44. The van der Waals surface area contributed by atoms with Crippen LogP contribution in [0.5, 0.6) is 0 Å². The van der Waals surface area contributed by atoms with Gasteiger partial charge in [0.2, 0.25) is 5.60 Å². The van der Waals surface area contributed by atoms with Crippen molar-refractivity contribution in [2.24, 2.45) is 0 Å². The van der Waals surface area contributed by atoms with E-state index in [1.54, 1.807) is 0 Å². The molecule has 1 unspecified atom stereocenters.